The van der Waals surface area contributed by atoms with Crippen LogP contribution in [-0.2, 0) is 0 Å². The molecule has 1 heterocycles. The van der Waals surface area contributed by atoms with Gasteiger partial charge in [0.2, 0.25) is 5.28 Å². The summed E-state index contributed by atoms with van der Waals surface area (Å²) >= 11 is 11.2. The van der Waals surface area contributed by atoms with E-state index in [9.17, 15) is 19.3 Å². The van der Waals surface area contributed by atoms with Crippen LogP contribution < -0.4 is 5.32 Å². The monoisotopic (exact) mass is 330 g/mol. The average Bonchev–Trinajstić information content (AvgIpc) is 2.36. The largest absolute Gasteiger partial charge is 0.306 e. The van der Waals surface area contributed by atoms with Crippen LogP contribution in [0.2, 0.25) is 10.4 Å². The number of halogens is 3. The minimum atomic E-state index is -0.909. The van der Waals surface area contributed by atoms with Crippen LogP contribution in [0.5, 0.6) is 0 Å². The van der Waals surface area contributed by atoms with Crippen LogP contribution in [0.1, 0.15) is 10.4 Å². The predicted octanol–water partition coefficient (Wildman–Crippen LogP) is 3.08. The first kappa shape index (κ1) is 15.1. The molecule has 0 atom stereocenters. The third kappa shape index (κ3) is 3.83. The Morgan fingerprint density at radius 1 is 1.24 bits per heavy atom. The molecule has 0 fully saturated rings. The number of benzene rings is 1. The first-order chi connectivity index (χ1) is 9.85. The molecule has 0 spiro atoms. The van der Waals surface area contributed by atoms with Gasteiger partial charge >= 0.3 is 0 Å². The number of nitro groups is 1. The Bertz CT molecular complexity index is 721. The van der Waals surface area contributed by atoms with Gasteiger partial charge in [-0.25, -0.2) is 14.4 Å². The Labute approximate surface area is 126 Å². The van der Waals surface area contributed by atoms with Crippen LogP contribution >= 0.6 is 23.2 Å². The number of rotatable bonds is 3. The van der Waals surface area contributed by atoms with E-state index in [2.05, 4.69) is 15.3 Å². The van der Waals surface area contributed by atoms with Gasteiger partial charge in [0.15, 0.2) is 0 Å². The molecular weight excluding hydrogens is 326 g/mol. The van der Waals surface area contributed by atoms with Crippen LogP contribution in [0.15, 0.2) is 24.3 Å². The van der Waals surface area contributed by atoms with Gasteiger partial charge in [-0.15, -0.1) is 0 Å². The van der Waals surface area contributed by atoms with E-state index in [1.807, 2.05) is 0 Å². The maximum Gasteiger partial charge on any atom is 0.273 e. The van der Waals surface area contributed by atoms with Crippen LogP contribution in [0.3, 0.4) is 0 Å². The Balaban J connectivity index is 2.30. The number of amides is 1. The van der Waals surface area contributed by atoms with Crippen LogP contribution in [0, 0.1) is 15.9 Å². The molecule has 10 heteroatoms. The molecule has 21 heavy (non-hydrogen) atoms. The van der Waals surface area contributed by atoms with Gasteiger partial charge in [-0.2, -0.15) is 0 Å². The number of nitrogens with one attached hydrogen (secondary N) is 1. The van der Waals surface area contributed by atoms with Crippen molar-refractivity contribution in [3.05, 3.63) is 56.2 Å². The minimum absolute atomic E-state index is 0.00415. The fourth-order valence-corrected chi connectivity index (χ4v) is 1.86. The molecule has 108 valence electrons. The Morgan fingerprint density at radius 2 is 1.95 bits per heavy atom. The zero-order valence-electron chi connectivity index (χ0n) is 10.0. The summed E-state index contributed by atoms with van der Waals surface area (Å²) in [6.07, 6.45) is 0. The molecule has 1 aromatic heterocycles. The van der Waals surface area contributed by atoms with Gasteiger partial charge in [0.05, 0.1) is 11.0 Å². The van der Waals surface area contributed by atoms with Crippen LogP contribution in [0.4, 0.5) is 15.9 Å². The second-order valence-corrected chi connectivity index (χ2v) is 4.48. The number of aromatic nitrogens is 2. The van der Waals surface area contributed by atoms with Gasteiger partial charge in [0.25, 0.3) is 11.6 Å². The second-order valence-electron chi connectivity index (χ2n) is 3.75. The van der Waals surface area contributed by atoms with Crippen molar-refractivity contribution in [2.75, 3.05) is 5.32 Å². The molecule has 1 amide bonds. The normalized spacial score (nSPS) is 10.2. The lowest BCUT2D eigenvalue weighted by atomic mass is 10.2. The molecule has 7 nitrogen and oxygen atoms in total. The standard InChI is InChI=1S/C11H5Cl2FN4O3/c12-8-4-9(17-11(13)15-8)16-10(19)5-1-6(14)3-7(2-5)18(20)21/h1-4H,(H,15,16,17,19). The SMILES string of the molecule is O=C(Nc1cc(Cl)nc(Cl)n1)c1cc(F)cc([N+](=O)[O-])c1. The molecule has 0 saturated heterocycles. The van der Waals surface area contributed by atoms with Gasteiger partial charge in [-0.05, 0) is 17.7 Å². The Morgan fingerprint density at radius 3 is 2.57 bits per heavy atom. The zero-order valence-corrected chi connectivity index (χ0v) is 11.5. The summed E-state index contributed by atoms with van der Waals surface area (Å²) in [7, 11) is 0. The van der Waals surface area contributed by atoms with Crippen molar-refractivity contribution in [2.24, 2.45) is 0 Å². The molecule has 0 unspecified atom stereocenters. The summed E-state index contributed by atoms with van der Waals surface area (Å²) in [5, 5.41) is 12.7. The van der Waals surface area contributed by atoms with Crippen molar-refractivity contribution in [1.82, 2.24) is 9.97 Å². The van der Waals surface area contributed by atoms with E-state index in [1.165, 1.54) is 6.07 Å². The maximum atomic E-state index is 13.3. The number of hydrogen-bond acceptors (Lipinski definition) is 5. The lowest BCUT2D eigenvalue weighted by molar-refractivity contribution is -0.385. The highest BCUT2D eigenvalue weighted by molar-refractivity contribution is 6.32. The number of hydrogen-bond donors (Lipinski definition) is 1. The van der Waals surface area contributed by atoms with E-state index < -0.39 is 22.3 Å². The van der Waals surface area contributed by atoms with Crippen molar-refractivity contribution >= 4 is 40.6 Å². The molecule has 0 radical (unpaired) electrons. The molecule has 0 saturated carbocycles. The lowest BCUT2D eigenvalue weighted by Gasteiger charge is -2.05. The number of anilines is 1. The number of non-ortho nitro benzene ring substituents is 1. The summed E-state index contributed by atoms with van der Waals surface area (Å²) in [5.41, 5.74) is -0.786. The molecule has 2 rings (SSSR count). The molecule has 0 aliphatic rings. The summed E-state index contributed by atoms with van der Waals surface area (Å²) in [6, 6.07) is 3.71. The van der Waals surface area contributed by atoms with Crippen molar-refractivity contribution in [2.45, 2.75) is 0 Å². The van der Waals surface area contributed by atoms with Gasteiger partial charge in [0, 0.05) is 17.7 Å². The lowest BCUT2D eigenvalue weighted by Crippen LogP contribution is -2.14. The highest BCUT2D eigenvalue weighted by Crippen LogP contribution is 2.19. The fraction of sp³-hybridized carbons (Fsp3) is 0. The van der Waals surface area contributed by atoms with E-state index in [1.54, 1.807) is 0 Å². The zero-order chi connectivity index (χ0) is 15.6. The summed E-state index contributed by atoms with van der Waals surface area (Å²) in [5.74, 6) is -1.73. The third-order valence-electron chi connectivity index (χ3n) is 2.26. The number of nitro benzene ring substituents is 1. The topological polar surface area (TPSA) is 98.0 Å². The summed E-state index contributed by atoms with van der Waals surface area (Å²) in [6.45, 7) is 0. The first-order valence-corrected chi connectivity index (χ1v) is 6.07. The smallest absolute Gasteiger partial charge is 0.273 e. The molecular formula is C11H5Cl2FN4O3. The van der Waals surface area contributed by atoms with Crippen molar-refractivity contribution in [1.29, 1.82) is 0 Å². The molecule has 1 aromatic carbocycles. The van der Waals surface area contributed by atoms with Crippen molar-refractivity contribution < 1.29 is 14.1 Å². The highest BCUT2D eigenvalue weighted by Gasteiger charge is 2.15. The van der Waals surface area contributed by atoms with Crippen molar-refractivity contribution in [3.63, 3.8) is 0 Å². The van der Waals surface area contributed by atoms with E-state index in [0.717, 1.165) is 12.1 Å². The average molecular weight is 331 g/mol. The third-order valence-corrected chi connectivity index (χ3v) is 2.63. The van der Waals surface area contributed by atoms with Gasteiger partial charge in [-0.3, -0.25) is 14.9 Å². The maximum absolute atomic E-state index is 13.3. The molecule has 0 bridgehead atoms. The molecule has 0 aliphatic carbocycles. The predicted molar refractivity (Wildman–Crippen MR) is 73.1 cm³/mol. The van der Waals surface area contributed by atoms with Gasteiger partial charge in [-0.1, -0.05) is 11.6 Å². The van der Waals surface area contributed by atoms with Gasteiger partial charge in [0.1, 0.15) is 16.8 Å². The first-order valence-electron chi connectivity index (χ1n) is 5.31. The van der Waals surface area contributed by atoms with E-state index >= 15 is 0 Å². The van der Waals surface area contributed by atoms with E-state index in [-0.39, 0.29) is 21.8 Å². The highest BCUT2D eigenvalue weighted by atomic mass is 35.5. The van der Waals surface area contributed by atoms with Crippen molar-refractivity contribution in [3.8, 4) is 0 Å². The van der Waals surface area contributed by atoms with Crippen LogP contribution in [-0.4, -0.2) is 20.8 Å². The Kier molecular flexibility index (Phi) is 4.29. The summed E-state index contributed by atoms with van der Waals surface area (Å²) < 4.78 is 13.3. The van der Waals surface area contributed by atoms with Crippen LogP contribution in [0.25, 0.3) is 0 Å². The molecule has 2 aromatic rings. The second kappa shape index (κ2) is 5.98. The fourth-order valence-electron chi connectivity index (χ4n) is 1.45. The number of carbonyl (C=O) groups excluding carboxylic acids is 1. The molecule has 0 aliphatic heterocycles. The molecule has 1 N–H and O–H groups in total. The minimum Gasteiger partial charge on any atom is -0.306 e. The quantitative estimate of drug-likeness (QED) is 0.403. The van der Waals surface area contributed by atoms with E-state index in [0.29, 0.717) is 6.07 Å². The number of carbonyl (C=O) groups is 1. The van der Waals surface area contributed by atoms with Gasteiger partial charge < -0.3 is 5.32 Å². The summed E-state index contributed by atoms with van der Waals surface area (Å²) in [4.78, 5) is 29.0. The Hall–Kier alpha value is -2.32. The number of nitrogens with zero attached hydrogens (tertiary/aromatic N) is 3. The van der Waals surface area contributed by atoms with E-state index in [4.69, 9.17) is 23.2 Å².